The van der Waals surface area contributed by atoms with Crippen molar-refractivity contribution in [2.24, 2.45) is 0 Å². The largest absolute Gasteiger partial charge is 0.444 e. The number of halogens is 3. The fourth-order valence-electron chi connectivity index (χ4n) is 2.39. The Labute approximate surface area is 145 Å². The van der Waals surface area contributed by atoms with E-state index in [1.807, 2.05) is 20.8 Å². The first-order chi connectivity index (χ1) is 10.7. The van der Waals surface area contributed by atoms with Gasteiger partial charge >= 0.3 is 6.09 Å². The number of benzene rings is 1. The van der Waals surface area contributed by atoms with Crippen molar-refractivity contribution in [3.63, 3.8) is 0 Å². The monoisotopic (exact) mass is 362 g/mol. The normalized spacial score (nSPS) is 16.3. The maximum Gasteiger partial charge on any atom is 0.410 e. The number of carbonyl (C=O) groups excluding carboxylic acids is 1. The average molecular weight is 363 g/mol. The second kappa shape index (κ2) is 7.14. The van der Waals surface area contributed by atoms with E-state index < -0.39 is 11.4 Å². The van der Waals surface area contributed by atoms with Gasteiger partial charge in [-0.15, -0.1) is 0 Å². The first-order valence-electron chi connectivity index (χ1n) is 7.55. The number of likely N-dealkylation sites (tertiary alicyclic amines) is 1. The van der Waals surface area contributed by atoms with Crippen molar-refractivity contribution in [1.82, 2.24) is 4.90 Å². The third kappa shape index (κ3) is 4.88. The second-order valence-corrected chi connectivity index (χ2v) is 7.39. The van der Waals surface area contributed by atoms with Crippen LogP contribution < -0.4 is 5.32 Å². The molecule has 0 unspecified atom stereocenters. The Morgan fingerprint density at radius 1 is 1.30 bits per heavy atom. The molecule has 1 fully saturated rings. The molecule has 7 heteroatoms. The number of piperidine rings is 1. The van der Waals surface area contributed by atoms with Gasteiger partial charge in [-0.05, 0) is 45.7 Å². The van der Waals surface area contributed by atoms with Crippen LogP contribution in [0.4, 0.5) is 14.9 Å². The van der Waals surface area contributed by atoms with Crippen LogP contribution in [0.5, 0.6) is 0 Å². The fourth-order valence-corrected chi connectivity index (χ4v) is 2.70. The van der Waals surface area contributed by atoms with E-state index >= 15 is 0 Å². The van der Waals surface area contributed by atoms with Crippen LogP contribution in [0.2, 0.25) is 10.0 Å². The molecule has 1 aromatic carbocycles. The van der Waals surface area contributed by atoms with Gasteiger partial charge < -0.3 is 15.0 Å². The number of nitrogens with one attached hydrogen (secondary N) is 1. The minimum absolute atomic E-state index is 0.0698. The lowest BCUT2D eigenvalue weighted by atomic mass is 10.0. The summed E-state index contributed by atoms with van der Waals surface area (Å²) >= 11 is 11.6. The highest BCUT2D eigenvalue weighted by Gasteiger charge is 2.27. The van der Waals surface area contributed by atoms with Gasteiger partial charge in [-0.2, -0.15) is 0 Å². The highest BCUT2D eigenvalue weighted by Crippen LogP contribution is 2.31. The van der Waals surface area contributed by atoms with Gasteiger partial charge in [-0.1, -0.05) is 23.2 Å². The Morgan fingerprint density at radius 3 is 2.48 bits per heavy atom. The van der Waals surface area contributed by atoms with E-state index in [1.54, 1.807) is 17.0 Å². The number of hydrogen-bond acceptors (Lipinski definition) is 3. The first-order valence-corrected chi connectivity index (χ1v) is 8.31. The van der Waals surface area contributed by atoms with Crippen LogP contribution in [0.25, 0.3) is 0 Å². The molecule has 4 nitrogen and oxygen atoms in total. The molecule has 1 saturated heterocycles. The molecular formula is C16H21Cl2FN2O2. The van der Waals surface area contributed by atoms with Crippen LogP contribution in [-0.4, -0.2) is 35.7 Å². The highest BCUT2D eigenvalue weighted by atomic mass is 35.5. The molecule has 0 aliphatic carbocycles. The van der Waals surface area contributed by atoms with E-state index in [-0.39, 0.29) is 22.2 Å². The van der Waals surface area contributed by atoms with Crippen LogP contribution >= 0.6 is 23.2 Å². The summed E-state index contributed by atoms with van der Waals surface area (Å²) in [5.74, 6) is -0.547. The first kappa shape index (κ1) is 18.1. The van der Waals surface area contributed by atoms with E-state index in [0.717, 1.165) is 0 Å². The topological polar surface area (TPSA) is 41.6 Å². The summed E-state index contributed by atoms with van der Waals surface area (Å²) in [6, 6.07) is 3.20. The summed E-state index contributed by atoms with van der Waals surface area (Å²) in [4.78, 5) is 13.7. The maximum absolute atomic E-state index is 14.0. The Hall–Kier alpha value is -1.20. The molecule has 23 heavy (non-hydrogen) atoms. The zero-order valence-electron chi connectivity index (χ0n) is 13.5. The van der Waals surface area contributed by atoms with E-state index in [1.165, 1.54) is 0 Å². The summed E-state index contributed by atoms with van der Waals surface area (Å²) < 4.78 is 19.4. The van der Waals surface area contributed by atoms with Crippen LogP contribution in [0.15, 0.2) is 12.1 Å². The van der Waals surface area contributed by atoms with Crippen molar-refractivity contribution in [1.29, 1.82) is 0 Å². The molecule has 1 aromatic rings. The number of anilines is 1. The molecule has 1 aliphatic rings. The van der Waals surface area contributed by atoms with Crippen molar-refractivity contribution in [2.45, 2.75) is 45.3 Å². The molecule has 0 saturated carbocycles. The molecule has 1 N–H and O–H groups in total. The number of hydrogen-bond donors (Lipinski definition) is 1. The van der Waals surface area contributed by atoms with Gasteiger partial charge in [0.15, 0.2) is 5.82 Å². The molecule has 1 amide bonds. The van der Waals surface area contributed by atoms with Crippen molar-refractivity contribution in [3.05, 3.63) is 28.0 Å². The summed E-state index contributed by atoms with van der Waals surface area (Å²) in [5, 5.41) is 3.24. The third-order valence-electron chi connectivity index (χ3n) is 3.54. The Bertz CT molecular complexity index is 582. The standard InChI is InChI=1S/C16H21Cl2FN2O2/c1-16(2,3)23-15(22)21-8-6-10(7-9-21)20-12-5-4-11(17)13(18)14(12)19/h4-5,10,20H,6-9H2,1-3H3. The molecule has 1 heterocycles. The minimum Gasteiger partial charge on any atom is -0.444 e. The molecule has 0 radical (unpaired) electrons. The maximum atomic E-state index is 14.0. The van der Waals surface area contributed by atoms with Crippen molar-refractivity contribution >= 4 is 35.0 Å². The van der Waals surface area contributed by atoms with Crippen molar-refractivity contribution in [2.75, 3.05) is 18.4 Å². The Balaban J connectivity index is 1.90. The molecule has 128 valence electrons. The van der Waals surface area contributed by atoms with E-state index in [9.17, 15) is 9.18 Å². The van der Waals surface area contributed by atoms with Crippen molar-refractivity contribution in [3.8, 4) is 0 Å². The molecule has 2 rings (SSSR count). The van der Waals surface area contributed by atoms with Crippen LogP contribution in [0.3, 0.4) is 0 Å². The van der Waals surface area contributed by atoms with Gasteiger partial charge in [0.05, 0.1) is 15.7 Å². The summed E-state index contributed by atoms with van der Waals surface area (Å²) in [6.45, 7) is 6.65. The average Bonchev–Trinajstić information content (AvgIpc) is 2.47. The highest BCUT2D eigenvalue weighted by molar-refractivity contribution is 6.42. The molecule has 0 bridgehead atoms. The number of nitrogens with zero attached hydrogens (tertiary/aromatic N) is 1. The van der Waals surface area contributed by atoms with E-state index in [2.05, 4.69) is 5.32 Å². The number of amides is 1. The smallest absolute Gasteiger partial charge is 0.410 e. The molecular weight excluding hydrogens is 342 g/mol. The lowest BCUT2D eigenvalue weighted by Crippen LogP contribution is -2.44. The lowest BCUT2D eigenvalue weighted by molar-refractivity contribution is 0.0210. The fraction of sp³-hybridized carbons (Fsp3) is 0.562. The number of ether oxygens (including phenoxy) is 1. The summed E-state index contributed by atoms with van der Waals surface area (Å²) in [5.41, 5.74) is -0.176. The van der Waals surface area contributed by atoms with Gasteiger partial charge in [-0.25, -0.2) is 9.18 Å². The molecule has 0 atom stereocenters. The predicted molar refractivity (Wildman–Crippen MR) is 90.9 cm³/mol. The summed E-state index contributed by atoms with van der Waals surface area (Å²) in [6.07, 6.45) is 1.11. The van der Waals surface area contributed by atoms with Gasteiger partial charge in [-0.3, -0.25) is 0 Å². The lowest BCUT2D eigenvalue weighted by Gasteiger charge is -2.34. The zero-order chi connectivity index (χ0) is 17.2. The number of rotatable bonds is 2. The summed E-state index contributed by atoms with van der Waals surface area (Å²) in [7, 11) is 0. The quantitative estimate of drug-likeness (QED) is 0.757. The van der Waals surface area contributed by atoms with Gasteiger partial charge in [0.2, 0.25) is 0 Å². The molecule has 1 aliphatic heterocycles. The minimum atomic E-state index is -0.547. The molecule has 0 aromatic heterocycles. The van der Waals surface area contributed by atoms with Crippen LogP contribution in [0.1, 0.15) is 33.6 Å². The van der Waals surface area contributed by atoms with Gasteiger partial charge in [0.1, 0.15) is 5.60 Å². The zero-order valence-corrected chi connectivity index (χ0v) is 15.0. The van der Waals surface area contributed by atoms with Gasteiger partial charge in [0.25, 0.3) is 0 Å². The number of carbonyl (C=O) groups is 1. The SMILES string of the molecule is CC(C)(C)OC(=O)N1CCC(Nc2ccc(Cl)c(Cl)c2F)CC1. The Morgan fingerprint density at radius 2 is 1.91 bits per heavy atom. The van der Waals surface area contributed by atoms with Crippen LogP contribution in [0, 0.1) is 5.82 Å². The predicted octanol–water partition coefficient (Wildman–Crippen LogP) is 4.94. The van der Waals surface area contributed by atoms with E-state index in [0.29, 0.717) is 31.6 Å². The Kier molecular flexibility index (Phi) is 5.63. The third-order valence-corrected chi connectivity index (χ3v) is 4.32. The van der Waals surface area contributed by atoms with E-state index in [4.69, 9.17) is 27.9 Å². The molecule has 0 spiro atoms. The van der Waals surface area contributed by atoms with Gasteiger partial charge in [0, 0.05) is 19.1 Å². The second-order valence-electron chi connectivity index (χ2n) is 6.61. The van der Waals surface area contributed by atoms with Crippen LogP contribution in [-0.2, 0) is 4.74 Å². The van der Waals surface area contributed by atoms with Crippen molar-refractivity contribution < 1.29 is 13.9 Å².